The predicted octanol–water partition coefficient (Wildman–Crippen LogP) is 3.32. The second-order valence-electron chi connectivity index (χ2n) is 16.6. The van der Waals surface area contributed by atoms with Gasteiger partial charge in [0.15, 0.2) is 55.1 Å². The van der Waals surface area contributed by atoms with E-state index in [1.807, 2.05) is 0 Å². The summed E-state index contributed by atoms with van der Waals surface area (Å²) in [6, 6.07) is -1.79. The minimum Gasteiger partial charge on any atom is -0.507 e. The van der Waals surface area contributed by atoms with Crippen LogP contribution in [0.4, 0.5) is 0 Å². The van der Waals surface area contributed by atoms with Crippen molar-refractivity contribution in [2.24, 2.45) is 5.73 Å². The number of Topliss-reactive ketones (excluding diaryl/α,β-unsaturated/α-hetero) is 1. The minimum atomic E-state index is -1.92. The largest absolute Gasteiger partial charge is 0.507 e. The molecular formula is C49H58Cl2N2O21. The number of nitrogens with two attached hydrogens (primary N) is 1. The second kappa shape index (κ2) is 28.3. The maximum atomic E-state index is 14.5. The molecule has 0 bridgehead atoms. The number of rotatable bonds is 21. The van der Waals surface area contributed by atoms with E-state index in [1.165, 1.54) is 19.1 Å². The molecule has 4 aliphatic heterocycles. The Labute approximate surface area is 435 Å². The van der Waals surface area contributed by atoms with Gasteiger partial charge in [0, 0.05) is 51.6 Å². The molecule has 0 aromatic heterocycles. The summed E-state index contributed by atoms with van der Waals surface area (Å²) in [5.74, 6) is -9.44. The van der Waals surface area contributed by atoms with Crippen LogP contribution in [0.1, 0.15) is 61.8 Å². The van der Waals surface area contributed by atoms with Gasteiger partial charge >= 0.3 is 35.8 Å². The fourth-order valence-electron chi connectivity index (χ4n) is 7.89. The maximum Gasteiger partial charge on any atom is 0.303 e. The van der Waals surface area contributed by atoms with Gasteiger partial charge in [-0.25, -0.2) is 0 Å². The minimum absolute atomic E-state index is 0.439. The van der Waals surface area contributed by atoms with E-state index in [4.69, 9.17) is 81.0 Å². The molecule has 0 unspecified atom stereocenters. The lowest BCUT2D eigenvalue weighted by Gasteiger charge is -2.45. The number of aliphatic hydroxyl groups is 1. The molecule has 0 aromatic rings. The average Bonchev–Trinajstić information content (AvgIpc) is 3.84. The quantitative estimate of drug-likeness (QED) is 0.0416. The van der Waals surface area contributed by atoms with Crippen molar-refractivity contribution in [2.75, 3.05) is 13.2 Å². The van der Waals surface area contributed by atoms with E-state index in [0.29, 0.717) is 10.1 Å². The summed E-state index contributed by atoms with van der Waals surface area (Å²) in [6.45, 7) is 8.26. The van der Waals surface area contributed by atoms with Crippen molar-refractivity contribution in [2.45, 2.75) is 142 Å². The second-order valence-corrected chi connectivity index (χ2v) is 17.7. The van der Waals surface area contributed by atoms with Gasteiger partial charge in [-0.05, 0) is 38.2 Å². The van der Waals surface area contributed by atoms with E-state index in [9.17, 15) is 48.3 Å². The molecule has 2 amide bonds. The van der Waals surface area contributed by atoms with Crippen LogP contribution in [0.15, 0.2) is 94.3 Å². The SMILES string of the molecule is CC(=O)OC[C@H]1O[C@@H](O[C@@H]2[C@@H](OC(C)=O)[C@H](OC(C)=O)CO[C@H]2N2C(=O)/C(=C(O)/C=C/C=C/C=C/C=C/C=C(Cl)/C=C/C=C(/C)Cl)C(=O)[C@@H]2CC(N)=O)[C@@H](OC(C)=O)[C@@H]1O[C@@H]1O[C@H](C)[C@@H](OC(C)=O)[C@@H]1OC(C)=O. The van der Waals surface area contributed by atoms with Gasteiger partial charge in [0.05, 0.1) is 19.1 Å². The van der Waals surface area contributed by atoms with Crippen molar-refractivity contribution in [3.63, 3.8) is 0 Å². The Morgan fingerprint density at radius 1 is 0.649 bits per heavy atom. The number of primary amides is 1. The highest BCUT2D eigenvalue weighted by Crippen LogP contribution is 2.39. The first-order chi connectivity index (χ1) is 34.9. The number of nitrogens with zero attached hydrogens (tertiary/aromatic N) is 1. The predicted molar refractivity (Wildman–Crippen MR) is 255 cm³/mol. The van der Waals surface area contributed by atoms with Gasteiger partial charge in [0.25, 0.3) is 5.91 Å². The van der Waals surface area contributed by atoms with Crippen molar-refractivity contribution >= 4 is 76.6 Å². The number of likely N-dealkylation sites (tertiary alicyclic amines) is 1. The number of allylic oxidation sites excluding steroid dienone is 14. The van der Waals surface area contributed by atoms with E-state index in [0.717, 1.165) is 52.5 Å². The molecule has 13 atom stereocenters. The molecule has 4 heterocycles. The van der Waals surface area contributed by atoms with Crippen molar-refractivity contribution in [1.82, 2.24) is 4.90 Å². The van der Waals surface area contributed by atoms with Crippen LogP contribution in [0.25, 0.3) is 0 Å². The third kappa shape index (κ3) is 17.3. The number of carbonyl (C=O) groups is 9. The molecule has 3 N–H and O–H groups in total. The number of halogens is 2. The number of hydrogen-bond acceptors (Lipinski definition) is 21. The molecule has 0 aromatic carbocycles. The zero-order valence-electron chi connectivity index (χ0n) is 41.4. The lowest BCUT2D eigenvalue weighted by atomic mass is 10.0. The number of esters is 6. The number of amides is 2. The third-order valence-electron chi connectivity index (χ3n) is 10.6. The Balaban J connectivity index is 1.77. The summed E-state index contributed by atoms with van der Waals surface area (Å²) < 4.78 is 63.8. The van der Waals surface area contributed by atoms with E-state index in [2.05, 4.69) is 0 Å². The molecule has 0 saturated carbocycles. The third-order valence-corrected chi connectivity index (χ3v) is 11.0. The highest BCUT2D eigenvalue weighted by atomic mass is 35.5. The van der Waals surface area contributed by atoms with E-state index < -0.39 is 164 Å². The van der Waals surface area contributed by atoms with Crippen LogP contribution < -0.4 is 5.73 Å². The first-order valence-corrected chi connectivity index (χ1v) is 23.5. The normalized spacial score (nSPS) is 30.5. The summed E-state index contributed by atoms with van der Waals surface area (Å²) in [6.07, 6.45) is -1.12. The molecule has 4 aliphatic rings. The highest BCUT2D eigenvalue weighted by molar-refractivity contribution is 6.31. The van der Waals surface area contributed by atoms with Gasteiger partial charge in [-0.3, -0.25) is 48.1 Å². The Bertz CT molecular complexity index is 2390. The smallest absolute Gasteiger partial charge is 0.303 e. The van der Waals surface area contributed by atoms with E-state index in [1.54, 1.807) is 61.6 Å². The molecule has 0 spiro atoms. The van der Waals surface area contributed by atoms with Crippen LogP contribution in [0, 0.1) is 0 Å². The zero-order valence-corrected chi connectivity index (χ0v) is 43.0. The number of ether oxygens (including phenoxy) is 11. The molecule has 4 rings (SSSR count). The Morgan fingerprint density at radius 2 is 1.18 bits per heavy atom. The molecule has 404 valence electrons. The first-order valence-electron chi connectivity index (χ1n) is 22.8. The van der Waals surface area contributed by atoms with Crippen LogP contribution in [-0.4, -0.2) is 156 Å². The number of ketones is 1. The molecule has 74 heavy (non-hydrogen) atoms. The van der Waals surface area contributed by atoms with Crippen LogP contribution in [0.2, 0.25) is 0 Å². The number of hydrogen-bond donors (Lipinski definition) is 2. The van der Waals surface area contributed by atoms with Crippen LogP contribution in [0.3, 0.4) is 0 Å². The number of aliphatic hydroxyl groups excluding tert-OH is 1. The van der Waals surface area contributed by atoms with Gasteiger partial charge in [-0.2, -0.15) is 0 Å². The van der Waals surface area contributed by atoms with Crippen molar-refractivity contribution in [3.8, 4) is 0 Å². The van der Waals surface area contributed by atoms with Gasteiger partial charge in [0.2, 0.25) is 5.91 Å². The Morgan fingerprint density at radius 3 is 1.74 bits per heavy atom. The van der Waals surface area contributed by atoms with Gasteiger partial charge in [-0.1, -0.05) is 71.8 Å². The Kier molecular flexibility index (Phi) is 23.0. The molecule has 4 fully saturated rings. The van der Waals surface area contributed by atoms with E-state index >= 15 is 0 Å². The van der Waals surface area contributed by atoms with Crippen molar-refractivity contribution < 1.29 is 100 Å². The summed E-state index contributed by atoms with van der Waals surface area (Å²) >= 11 is 11.9. The van der Waals surface area contributed by atoms with Crippen LogP contribution >= 0.6 is 23.2 Å². The van der Waals surface area contributed by atoms with Crippen molar-refractivity contribution in [1.29, 1.82) is 0 Å². The lowest BCUT2D eigenvalue weighted by Crippen LogP contribution is -2.64. The monoisotopic (exact) mass is 1080 g/mol. The molecule has 25 heteroatoms. The summed E-state index contributed by atoms with van der Waals surface area (Å²) in [4.78, 5) is 117. The fraction of sp³-hybridized carbons (Fsp3) is 0.490. The summed E-state index contributed by atoms with van der Waals surface area (Å²) in [5.41, 5.74) is 4.77. The first kappa shape index (κ1) is 60.1. The standard InChI is InChI=1S/C49H58Cl2N2O21/c1-24(50)17-16-19-32(51)18-14-12-10-9-11-13-15-20-34(60)38-39(62)33(21-37(52)61)53(46(38)63)47-43(41(69-29(6)57)35(23-65-47)67-27(4)55)74-49-45(71-31(8)59)42(36(72-49)22-64-26(3)54)73-48-44(70-30(7)58)40(25(2)66-48)68-28(5)56/h9-20,25,33,35-36,40-45,47-49,60H,21-23H2,1-8H3,(H2,52,61)/b10-9+,13-11+,14-12+,19-16+,20-15+,24-17-,32-18-,38-34-/t25-,33+,35-,36-,40-,41+,42-,43-,44+,45+,47-,48+,49+/m1/s1. The zero-order chi connectivity index (χ0) is 55.0. The number of carbonyl (C=O) groups excluding carboxylic acids is 9. The van der Waals surface area contributed by atoms with Crippen LogP contribution in [0.5, 0.6) is 0 Å². The van der Waals surface area contributed by atoms with Gasteiger partial charge in [-0.15, -0.1) is 0 Å². The molecule has 0 aliphatic carbocycles. The topological polar surface area (TPSA) is 305 Å². The Hall–Kier alpha value is -6.47. The van der Waals surface area contributed by atoms with Gasteiger partial charge < -0.3 is 62.9 Å². The molecule has 23 nitrogen and oxygen atoms in total. The van der Waals surface area contributed by atoms with E-state index in [-0.39, 0.29) is 0 Å². The summed E-state index contributed by atoms with van der Waals surface area (Å²) in [7, 11) is 0. The maximum absolute atomic E-state index is 14.5. The molecule has 0 radical (unpaired) electrons. The molecular weight excluding hydrogens is 1020 g/mol. The average molecular weight is 1080 g/mol. The summed E-state index contributed by atoms with van der Waals surface area (Å²) in [5, 5.41) is 12.3. The fourth-order valence-corrected chi connectivity index (χ4v) is 8.11. The highest BCUT2D eigenvalue weighted by Gasteiger charge is 2.60. The molecule has 4 saturated heterocycles. The van der Waals surface area contributed by atoms with Crippen LogP contribution in [-0.2, 0) is 95.3 Å². The van der Waals surface area contributed by atoms with Gasteiger partial charge in [0.1, 0.15) is 42.3 Å². The lowest BCUT2D eigenvalue weighted by molar-refractivity contribution is -0.294. The van der Waals surface area contributed by atoms with Crippen molar-refractivity contribution in [3.05, 3.63) is 94.3 Å².